The SMILES string of the molecule is CCc1nc(CCN2CCCCC2C)sc1C(=O)NN. The van der Waals surface area contributed by atoms with Crippen LogP contribution in [0.15, 0.2) is 0 Å². The van der Waals surface area contributed by atoms with Crippen molar-refractivity contribution in [3.05, 3.63) is 15.6 Å². The highest BCUT2D eigenvalue weighted by Gasteiger charge is 2.20. The molecule has 6 heteroatoms. The Morgan fingerprint density at radius 2 is 2.35 bits per heavy atom. The van der Waals surface area contributed by atoms with E-state index in [4.69, 9.17) is 5.84 Å². The molecule has 1 amide bonds. The molecule has 1 aliphatic heterocycles. The lowest BCUT2D eigenvalue weighted by molar-refractivity contribution is 0.0956. The topological polar surface area (TPSA) is 71.2 Å². The van der Waals surface area contributed by atoms with Crippen LogP contribution in [0.1, 0.15) is 53.5 Å². The van der Waals surface area contributed by atoms with E-state index in [0.29, 0.717) is 10.9 Å². The molecule has 0 radical (unpaired) electrons. The fraction of sp³-hybridized carbons (Fsp3) is 0.714. The van der Waals surface area contributed by atoms with Gasteiger partial charge in [-0.1, -0.05) is 13.3 Å². The van der Waals surface area contributed by atoms with Crippen molar-refractivity contribution in [3.63, 3.8) is 0 Å². The molecule has 112 valence electrons. The Balaban J connectivity index is 1.99. The van der Waals surface area contributed by atoms with Gasteiger partial charge in [0.25, 0.3) is 5.91 Å². The summed E-state index contributed by atoms with van der Waals surface area (Å²) in [4.78, 5) is 19.5. The third kappa shape index (κ3) is 3.56. The maximum atomic E-state index is 11.7. The Bertz CT molecular complexity index is 460. The highest BCUT2D eigenvalue weighted by atomic mass is 32.1. The van der Waals surface area contributed by atoms with Gasteiger partial charge in [-0.2, -0.15) is 0 Å². The van der Waals surface area contributed by atoms with Crippen LogP contribution in [0.2, 0.25) is 0 Å². The highest BCUT2D eigenvalue weighted by molar-refractivity contribution is 7.13. The predicted octanol–water partition coefficient (Wildman–Crippen LogP) is 1.73. The van der Waals surface area contributed by atoms with E-state index in [1.54, 1.807) is 0 Å². The van der Waals surface area contributed by atoms with E-state index in [1.165, 1.54) is 37.1 Å². The van der Waals surface area contributed by atoms with Crippen molar-refractivity contribution in [1.82, 2.24) is 15.3 Å². The number of rotatable bonds is 5. The number of hydrogen-bond acceptors (Lipinski definition) is 5. The van der Waals surface area contributed by atoms with Gasteiger partial charge in [0.2, 0.25) is 0 Å². The van der Waals surface area contributed by atoms with E-state index in [9.17, 15) is 4.79 Å². The first-order valence-electron chi connectivity index (χ1n) is 7.39. The van der Waals surface area contributed by atoms with Gasteiger partial charge >= 0.3 is 0 Å². The van der Waals surface area contributed by atoms with Crippen molar-refractivity contribution in [2.24, 2.45) is 5.84 Å². The summed E-state index contributed by atoms with van der Waals surface area (Å²) in [6.45, 7) is 6.52. The number of likely N-dealkylation sites (tertiary alicyclic amines) is 1. The van der Waals surface area contributed by atoms with E-state index in [2.05, 4.69) is 22.2 Å². The molecule has 1 saturated heterocycles. The van der Waals surface area contributed by atoms with E-state index >= 15 is 0 Å². The van der Waals surface area contributed by atoms with Crippen molar-refractivity contribution in [2.45, 2.75) is 52.0 Å². The van der Waals surface area contributed by atoms with Crippen molar-refractivity contribution in [3.8, 4) is 0 Å². The molecule has 1 fully saturated rings. The van der Waals surface area contributed by atoms with Crippen LogP contribution in [0.25, 0.3) is 0 Å². The zero-order valence-corrected chi connectivity index (χ0v) is 13.1. The summed E-state index contributed by atoms with van der Waals surface area (Å²) in [6.07, 6.45) is 5.61. The van der Waals surface area contributed by atoms with Crippen LogP contribution in [0.4, 0.5) is 0 Å². The van der Waals surface area contributed by atoms with E-state index in [1.807, 2.05) is 6.92 Å². The summed E-state index contributed by atoms with van der Waals surface area (Å²) in [5.41, 5.74) is 3.06. The Labute approximate surface area is 124 Å². The number of aromatic nitrogens is 1. The van der Waals surface area contributed by atoms with Crippen molar-refractivity contribution in [2.75, 3.05) is 13.1 Å². The molecule has 0 saturated carbocycles. The van der Waals surface area contributed by atoms with Crippen LogP contribution in [-0.2, 0) is 12.8 Å². The maximum Gasteiger partial charge on any atom is 0.277 e. The predicted molar refractivity (Wildman–Crippen MR) is 81.7 cm³/mol. The number of nitrogens with zero attached hydrogens (tertiary/aromatic N) is 2. The number of hydrazine groups is 1. The molecule has 20 heavy (non-hydrogen) atoms. The molecular weight excluding hydrogens is 272 g/mol. The fourth-order valence-electron chi connectivity index (χ4n) is 2.72. The molecule has 0 bridgehead atoms. The van der Waals surface area contributed by atoms with E-state index in [-0.39, 0.29) is 5.91 Å². The second kappa shape index (κ2) is 7.15. The van der Waals surface area contributed by atoms with Gasteiger partial charge in [-0.25, -0.2) is 10.8 Å². The lowest BCUT2D eigenvalue weighted by Gasteiger charge is -2.32. The first-order chi connectivity index (χ1) is 9.65. The second-order valence-electron chi connectivity index (χ2n) is 5.34. The summed E-state index contributed by atoms with van der Waals surface area (Å²) in [5.74, 6) is 4.99. The van der Waals surface area contributed by atoms with Crippen LogP contribution >= 0.6 is 11.3 Å². The molecule has 0 aromatic carbocycles. The summed E-state index contributed by atoms with van der Waals surface area (Å²) >= 11 is 1.48. The van der Waals surface area contributed by atoms with E-state index < -0.39 is 0 Å². The van der Waals surface area contributed by atoms with E-state index in [0.717, 1.165) is 30.1 Å². The molecule has 1 aromatic heterocycles. The Morgan fingerprint density at radius 1 is 1.55 bits per heavy atom. The van der Waals surface area contributed by atoms with Crippen LogP contribution in [-0.4, -0.2) is 34.9 Å². The van der Waals surface area contributed by atoms with Gasteiger partial charge in [-0.15, -0.1) is 11.3 Å². The monoisotopic (exact) mass is 296 g/mol. The summed E-state index contributed by atoms with van der Waals surface area (Å²) < 4.78 is 0. The standard InChI is InChI=1S/C14H24N4OS/c1-3-11-13(14(19)17-15)20-12(16-11)7-9-18-8-5-4-6-10(18)2/h10H,3-9,15H2,1-2H3,(H,17,19). The molecule has 2 heterocycles. The number of nitrogen functional groups attached to an aromatic ring is 1. The van der Waals surface area contributed by atoms with Crippen molar-refractivity contribution >= 4 is 17.2 Å². The zero-order valence-electron chi connectivity index (χ0n) is 12.3. The number of nitrogens with one attached hydrogen (secondary N) is 1. The number of nitrogens with two attached hydrogens (primary N) is 1. The van der Waals surface area contributed by atoms with Gasteiger partial charge in [0.1, 0.15) is 4.88 Å². The zero-order chi connectivity index (χ0) is 14.5. The minimum atomic E-state index is -0.225. The highest BCUT2D eigenvalue weighted by Crippen LogP contribution is 2.21. The molecule has 1 aromatic rings. The molecule has 0 aliphatic carbocycles. The Hall–Kier alpha value is -0.980. The molecule has 1 aliphatic rings. The first kappa shape index (κ1) is 15.4. The fourth-order valence-corrected chi connectivity index (χ4v) is 3.76. The molecule has 1 unspecified atom stereocenters. The van der Waals surface area contributed by atoms with Gasteiger partial charge in [0.05, 0.1) is 10.7 Å². The lowest BCUT2D eigenvalue weighted by atomic mass is 10.0. The average molecular weight is 296 g/mol. The number of aryl methyl sites for hydroxylation is 1. The second-order valence-corrected chi connectivity index (χ2v) is 6.42. The van der Waals surface area contributed by atoms with Gasteiger partial charge < -0.3 is 4.90 Å². The molecule has 5 nitrogen and oxygen atoms in total. The van der Waals surface area contributed by atoms with Crippen LogP contribution in [0.5, 0.6) is 0 Å². The Morgan fingerprint density at radius 3 is 3.00 bits per heavy atom. The lowest BCUT2D eigenvalue weighted by Crippen LogP contribution is -2.38. The minimum Gasteiger partial charge on any atom is -0.300 e. The molecule has 1 atom stereocenters. The van der Waals surface area contributed by atoms with Gasteiger partial charge in [0, 0.05) is 19.0 Å². The summed E-state index contributed by atoms with van der Waals surface area (Å²) in [6, 6.07) is 0.668. The van der Waals surface area contributed by atoms with Crippen molar-refractivity contribution < 1.29 is 4.79 Å². The Kier molecular flexibility index (Phi) is 5.51. The smallest absolute Gasteiger partial charge is 0.277 e. The van der Waals surface area contributed by atoms with Crippen LogP contribution < -0.4 is 11.3 Å². The molecular formula is C14H24N4OS. The van der Waals surface area contributed by atoms with Crippen LogP contribution in [0.3, 0.4) is 0 Å². The normalized spacial score (nSPS) is 20.1. The third-order valence-electron chi connectivity index (χ3n) is 3.97. The number of amides is 1. The van der Waals surface area contributed by atoms with Crippen molar-refractivity contribution in [1.29, 1.82) is 0 Å². The van der Waals surface area contributed by atoms with Gasteiger partial charge in [0.15, 0.2) is 0 Å². The summed E-state index contributed by atoms with van der Waals surface area (Å²) in [5, 5.41) is 1.04. The number of thiazole rings is 1. The van der Waals surface area contributed by atoms with Crippen LogP contribution in [0, 0.1) is 0 Å². The summed E-state index contributed by atoms with van der Waals surface area (Å²) in [7, 11) is 0. The first-order valence-corrected chi connectivity index (χ1v) is 8.21. The number of piperidine rings is 1. The average Bonchev–Trinajstić information content (AvgIpc) is 2.89. The molecule has 2 rings (SSSR count). The number of carbonyl (C=O) groups excluding carboxylic acids is 1. The third-order valence-corrected chi connectivity index (χ3v) is 5.12. The maximum absolute atomic E-state index is 11.7. The number of carbonyl (C=O) groups is 1. The largest absolute Gasteiger partial charge is 0.300 e. The quantitative estimate of drug-likeness (QED) is 0.493. The van der Waals surface area contributed by atoms with Gasteiger partial charge in [-0.3, -0.25) is 10.2 Å². The van der Waals surface area contributed by atoms with Gasteiger partial charge in [-0.05, 0) is 32.7 Å². The number of hydrogen-bond donors (Lipinski definition) is 2. The molecule has 3 N–H and O–H groups in total. The molecule has 0 spiro atoms. The minimum absolute atomic E-state index is 0.225.